The van der Waals surface area contributed by atoms with Crippen LogP contribution >= 0.6 is 0 Å². The normalized spacial score (nSPS) is 23.5. The largest absolute Gasteiger partial charge is 0.481 e. The molecule has 17 heavy (non-hydrogen) atoms. The molecule has 0 saturated carbocycles. The van der Waals surface area contributed by atoms with Gasteiger partial charge in [-0.05, 0) is 24.6 Å². The van der Waals surface area contributed by atoms with E-state index in [0.717, 1.165) is 0 Å². The van der Waals surface area contributed by atoms with E-state index >= 15 is 0 Å². The smallest absolute Gasteiger partial charge is 0.314 e. The van der Waals surface area contributed by atoms with E-state index in [0.29, 0.717) is 11.3 Å². The lowest BCUT2D eigenvalue weighted by Gasteiger charge is -2.36. The zero-order valence-corrected chi connectivity index (χ0v) is 9.53. The van der Waals surface area contributed by atoms with Gasteiger partial charge in [0.2, 0.25) is 5.91 Å². The summed E-state index contributed by atoms with van der Waals surface area (Å²) in [6, 6.07) is 3.83. The third kappa shape index (κ3) is 1.58. The number of carbonyl (C=O) groups excluding carboxylic acids is 1. The first-order valence-corrected chi connectivity index (χ1v) is 5.16. The Labute approximate surface area is 97.7 Å². The molecule has 2 rings (SSSR count). The molecular weight excluding hydrogens is 225 g/mol. The number of benzene rings is 1. The molecule has 90 valence electrons. The fourth-order valence-electron chi connectivity index (χ4n) is 2.09. The van der Waals surface area contributed by atoms with Crippen LogP contribution in [0.5, 0.6) is 0 Å². The fraction of sp³-hybridized carbons (Fsp3) is 0.333. The number of hydrogen-bond donors (Lipinski definition) is 1. The maximum Gasteiger partial charge on any atom is 0.314 e. The van der Waals surface area contributed by atoms with Crippen molar-refractivity contribution in [3.05, 3.63) is 29.6 Å². The Balaban J connectivity index is 2.69. The maximum atomic E-state index is 13.2. The Morgan fingerprint density at radius 1 is 1.53 bits per heavy atom. The number of carbonyl (C=O) groups is 2. The van der Waals surface area contributed by atoms with E-state index < -0.39 is 17.2 Å². The molecule has 5 heteroatoms. The van der Waals surface area contributed by atoms with Crippen molar-refractivity contribution in [1.29, 1.82) is 0 Å². The molecule has 0 bridgehead atoms. The van der Waals surface area contributed by atoms with E-state index in [9.17, 15) is 19.1 Å². The summed E-state index contributed by atoms with van der Waals surface area (Å²) in [6.45, 7) is 1.48. The number of carboxylic acids is 1. The summed E-state index contributed by atoms with van der Waals surface area (Å²) in [5, 5.41) is 9.25. The quantitative estimate of drug-likeness (QED) is 0.805. The Morgan fingerprint density at radius 3 is 2.76 bits per heavy atom. The third-order valence-electron chi connectivity index (χ3n) is 3.27. The summed E-state index contributed by atoms with van der Waals surface area (Å²) >= 11 is 0. The molecule has 0 unspecified atom stereocenters. The van der Waals surface area contributed by atoms with Crippen molar-refractivity contribution in [1.82, 2.24) is 0 Å². The van der Waals surface area contributed by atoms with Crippen LogP contribution in [0.2, 0.25) is 0 Å². The molecule has 0 fully saturated rings. The minimum Gasteiger partial charge on any atom is -0.481 e. The van der Waals surface area contributed by atoms with Crippen LogP contribution in [0.25, 0.3) is 0 Å². The minimum atomic E-state index is -1.29. The topological polar surface area (TPSA) is 57.6 Å². The molecular formula is C12H12FNO3. The van der Waals surface area contributed by atoms with Gasteiger partial charge in [0, 0.05) is 13.5 Å². The highest BCUT2D eigenvalue weighted by Crippen LogP contribution is 2.40. The molecule has 0 radical (unpaired) electrons. The summed E-state index contributed by atoms with van der Waals surface area (Å²) in [6.07, 6.45) is -0.114. The molecule has 0 aliphatic carbocycles. The van der Waals surface area contributed by atoms with Gasteiger partial charge in [0.25, 0.3) is 0 Å². The van der Waals surface area contributed by atoms with Crippen LogP contribution in [-0.2, 0) is 15.0 Å². The van der Waals surface area contributed by atoms with Gasteiger partial charge in [0.15, 0.2) is 0 Å². The van der Waals surface area contributed by atoms with Crippen LogP contribution in [-0.4, -0.2) is 24.0 Å². The molecule has 0 spiro atoms. The monoisotopic (exact) mass is 237 g/mol. The highest BCUT2D eigenvalue weighted by Gasteiger charge is 2.44. The third-order valence-corrected chi connectivity index (χ3v) is 3.27. The van der Waals surface area contributed by atoms with E-state index in [1.807, 2.05) is 0 Å². The predicted molar refractivity (Wildman–Crippen MR) is 59.4 cm³/mol. The van der Waals surface area contributed by atoms with E-state index in [4.69, 9.17) is 0 Å². The molecule has 0 saturated heterocycles. The molecule has 1 aliphatic rings. The van der Waals surface area contributed by atoms with Gasteiger partial charge in [-0.1, -0.05) is 6.07 Å². The minimum absolute atomic E-state index is 0.114. The van der Waals surface area contributed by atoms with Crippen molar-refractivity contribution in [2.75, 3.05) is 11.9 Å². The van der Waals surface area contributed by atoms with E-state index in [1.54, 1.807) is 0 Å². The number of anilines is 1. The lowest BCUT2D eigenvalue weighted by molar-refractivity contribution is -0.145. The zero-order chi connectivity index (χ0) is 12.8. The Hall–Kier alpha value is -1.91. The molecule has 1 N–H and O–H groups in total. The number of aliphatic carboxylic acids is 1. The number of amides is 1. The van der Waals surface area contributed by atoms with Crippen LogP contribution in [0.4, 0.5) is 10.1 Å². The van der Waals surface area contributed by atoms with E-state index in [1.165, 1.54) is 37.1 Å². The first kappa shape index (κ1) is 11.6. The molecule has 1 aromatic rings. The van der Waals surface area contributed by atoms with Gasteiger partial charge in [-0.25, -0.2) is 4.39 Å². The average molecular weight is 237 g/mol. The average Bonchev–Trinajstić information content (AvgIpc) is 2.25. The summed E-state index contributed by atoms with van der Waals surface area (Å²) in [5.41, 5.74) is -0.494. The summed E-state index contributed by atoms with van der Waals surface area (Å²) < 4.78 is 13.2. The summed E-state index contributed by atoms with van der Waals surface area (Å²) in [5.74, 6) is -1.89. The van der Waals surface area contributed by atoms with Crippen molar-refractivity contribution < 1.29 is 19.1 Å². The summed E-state index contributed by atoms with van der Waals surface area (Å²) in [7, 11) is 1.52. The number of hydrogen-bond acceptors (Lipinski definition) is 2. The number of carboxylic acid groups (broad SMARTS) is 1. The van der Waals surface area contributed by atoms with Crippen LogP contribution in [0.3, 0.4) is 0 Å². The second-order valence-corrected chi connectivity index (χ2v) is 4.43. The van der Waals surface area contributed by atoms with Gasteiger partial charge in [0.05, 0.1) is 5.69 Å². The van der Waals surface area contributed by atoms with E-state index in [2.05, 4.69) is 0 Å². The Kier molecular flexibility index (Phi) is 2.41. The van der Waals surface area contributed by atoms with Crippen molar-refractivity contribution in [3.63, 3.8) is 0 Å². The number of nitrogens with zero attached hydrogens (tertiary/aromatic N) is 1. The molecule has 1 aromatic carbocycles. The van der Waals surface area contributed by atoms with Crippen LogP contribution < -0.4 is 4.90 Å². The molecule has 1 aliphatic heterocycles. The predicted octanol–water partition coefficient (Wildman–Crippen LogP) is 1.53. The zero-order valence-electron chi connectivity index (χ0n) is 9.53. The van der Waals surface area contributed by atoms with Crippen molar-refractivity contribution >= 4 is 17.6 Å². The van der Waals surface area contributed by atoms with Crippen LogP contribution in [0.1, 0.15) is 18.9 Å². The standard InChI is InChI=1S/C12H12FNO3/c1-12(11(16)17)6-10(15)14(2)9-5-7(13)3-4-8(9)12/h3-5H,6H2,1-2H3,(H,16,17)/t12-/m0/s1. The second kappa shape index (κ2) is 3.55. The lowest BCUT2D eigenvalue weighted by Crippen LogP contribution is -2.45. The molecule has 1 heterocycles. The first-order valence-electron chi connectivity index (χ1n) is 5.16. The van der Waals surface area contributed by atoms with Gasteiger partial charge < -0.3 is 10.0 Å². The van der Waals surface area contributed by atoms with Crippen LogP contribution in [0, 0.1) is 5.82 Å². The number of fused-ring (bicyclic) bond motifs is 1. The molecule has 1 amide bonds. The van der Waals surface area contributed by atoms with Gasteiger partial charge in [-0.2, -0.15) is 0 Å². The lowest BCUT2D eigenvalue weighted by atomic mass is 9.75. The molecule has 4 nitrogen and oxygen atoms in total. The van der Waals surface area contributed by atoms with Gasteiger partial charge in [0.1, 0.15) is 11.2 Å². The Morgan fingerprint density at radius 2 is 2.18 bits per heavy atom. The first-order chi connectivity index (χ1) is 7.86. The number of rotatable bonds is 1. The van der Waals surface area contributed by atoms with Crippen molar-refractivity contribution in [3.8, 4) is 0 Å². The van der Waals surface area contributed by atoms with Gasteiger partial charge in [-0.15, -0.1) is 0 Å². The fourth-order valence-corrected chi connectivity index (χ4v) is 2.09. The van der Waals surface area contributed by atoms with Gasteiger partial charge in [-0.3, -0.25) is 9.59 Å². The SMILES string of the molecule is CN1C(=O)C[C@](C)(C(=O)O)c2ccc(F)cc21. The highest BCUT2D eigenvalue weighted by molar-refractivity contribution is 6.02. The van der Waals surface area contributed by atoms with Gasteiger partial charge >= 0.3 is 5.97 Å². The molecule has 0 aromatic heterocycles. The highest BCUT2D eigenvalue weighted by atomic mass is 19.1. The van der Waals surface area contributed by atoms with E-state index in [-0.39, 0.29) is 12.3 Å². The number of halogens is 1. The van der Waals surface area contributed by atoms with Crippen molar-refractivity contribution in [2.24, 2.45) is 0 Å². The van der Waals surface area contributed by atoms with Crippen molar-refractivity contribution in [2.45, 2.75) is 18.8 Å². The molecule has 1 atom stereocenters. The Bertz CT molecular complexity index is 514. The second-order valence-electron chi connectivity index (χ2n) is 4.43. The van der Waals surface area contributed by atoms with Crippen LogP contribution in [0.15, 0.2) is 18.2 Å². The summed E-state index contributed by atoms with van der Waals surface area (Å²) in [4.78, 5) is 24.3. The maximum absolute atomic E-state index is 13.2.